The summed E-state index contributed by atoms with van der Waals surface area (Å²) in [6, 6.07) is 27.8. The van der Waals surface area contributed by atoms with E-state index in [0.717, 1.165) is 48.6 Å². The largest absolute Gasteiger partial charge is 0.368 e. The summed E-state index contributed by atoms with van der Waals surface area (Å²) in [4.78, 5) is 18.3. The summed E-state index contributed by atoms with van der Waals surface area (Å²) in [7, 11) is -1.71. The lowest BCUT2D eigenvalue weighted by molar-refractivity contribution is 0.104. The molecule has 1 fully saturated rings. The predicted molar refractivity (Wildman–Crippen MR) is 168 cm³/mol. The minimum atomic E-state index is -3.84. The van der Waals surface area contributed by atoms with Crippen LogP contribution in [-0.4, -0.2) is 52.3 Å². The second-order valence-corrected chi connectivity index (χ2v) is 12.3. The monoisotopic (exact) mass is 565 g/mol. The maximum atomic E-state index is 13.5. The molecule has 1 N–H and O–H groups in total. The predicted octanol–water partition coefficient (Wildman–Crippen LogP) is 6.42. The highest BCUT2D eigenvalue weighted by Gasteiger charge is 2.19. The molecule has 4 aromatic carbocycles. The van der Waals surface area contributed by atoms with Crippen molar-refractivity contribution in [1.29, 1.82) is 0 Å². The van der Waals surface area contributed by atoms with Crippen LogP contribution < -0.4 is 9.62 Å². The average molecular weight is 566 g/mol. The van der Waals surface area contributed by atoms with Crippen molar-refractivity contribution < 1.29 is 13.2 Å². The van der Waals surface area contributed by atoms with Crippen molar-refractivity contribution in [3.63, 3.8) is 0 Å². The molecule has 1 heterocycles. The van der Waals surface area contributed by atoms with Gasteiger partial charge < -0.3 is 9.80 Å². The Kier molecular flexibility index (Phi) is 8.38. The van der Waals surface area contributed by atoms with E-state index < -0.39 is 10.0 Å². The van der Waals surface area contributed by atoms with Gasteiger partial charge >= 0.3 is 0 Å². The fourth-order valence-corrected chi connectivity index (χ4v) is 6.29. The minimum Gasteiger partial charge on any atom is -0.368 e. The molecule has 5 rings (SSSR count). The normalized spacial score (nSPS) is 14.4. The number of ketones is 1. The molecule has 0 bridgehead atoms. The maximum Gasteiger partial charge on any atom is 0.261 e. The van der Waals surface area contributed by atoms with Crippen LogP contribution in [-0.2, 0) is 10.0 Å². The summed E-state index contributed by atoms with van der Waals surface area (Å²) < 4.78 is 28.5. The van der Waals surface area contributed by atoms with Gasteiger partial charge in [-0.2, -0.15) is 0 Å². The second-order valence-electron chi connectivity index (χ2n) is 10.6. The number of allylic oxidation sites excluding steroid dienone is 1. The molecular weight excluding hydrogens is 530 g/mol. The van der Waals surface area contributed by atoms with Gasteiger partial charge in [-0.05, 0) is 86.1 Å². The Morgan fingerprint density at radius 3 is 2.15 bits per heavy atom. The number of hydrogen-bond donors (Lipinski definition) is 1. The number of para-hydroxylation sites is 1. The molecule has 0 amide bonds. The molecule has 0 unspecified atom stereocenters. The van der Waals surface area contributed by atoms with E-state index in [1.54, 1.807) is 42.5 Å². The molecule has 4 aromatic rings. The van der Waals surface area contributed by atoms with Crippen molar-refractivity contribution >= 4 is 33.3 Å². The molecule has 6 nitrogen and oxygen atoms in total. The summed E-state index contributed by atoms with van der Waals surface area (Å²) in [5.41, 5.74) is 7.17. The number of carbonyl (C=O) groups is 1. The summed E-state index contributed by atoms with van der Waals surface area (Å²) in [6.07, 6.45) is 3.39. The van der Waals surface area contributed by atoms with Crippen LogP contribution in [0.2, 0.25) is 0 Å². The van der Waals surface area contributed by atoms with E-state index in [9.17, 15) is 13.2 Å². The van der Waals surface area contributed by atoms with Crippen molar-refractivity contribution in [1.82, 2.24) is 4.90 Å². The third-order valence-electron chi connectivity index (χ3n) is 7.33. The molecule has 1 aliphatic rings. The van der Waals surface area contributed by atoms with Gasteiger partial charge in [-0.3, -0.25) is 9.52 Å². The molecule has 1 aliphatic heterocycles. The number of nitrogens with zero attached hydrogens (tertiary/aromatic N) is 2. The lowest BCUT2D eigenvalue weighted by atomic mass is 9.97. The van der Waals surface area contributed by atoms with E-state index in [-0.39, 0.29) is 21.9 Å². The number of rotatable bonds is 8. The number of carbonyl (C=O) groups excluding carboxylic acids is 1. The Hall–Kier alpha value is -4.20. The smallest absolute Gasteiger partial charge is 0.261 e. The van der Waals surface area contributed by atoms with Crippen LogP contribution in [0.15, 0.2) is 102 Å². The minimum absolute atomic E-state index is 0.137. The molecular formula is C34H35N3O3S. The zero-order chi connectivity index (χ0) is 29.0. The van der Waals surface area contributed by atoms with Gasteiger partial charge in [-0.15, -0.1) is 0 Å². The van der Waals surface area contributed by atoms with Crippen LogP contribution in [0.25, 0.3) is 17.2 Å². The van der Waals surface area contributed by atoms with E-state index in [0.29, 0.717) is 0 Å². The third kappa shape index (κ3) is 6.76. The van der Waals surface area contributed by atoms with Crippen LogP contribution in [0, 0.1) is 13.8 Å². The molecule has 0 spiro atoms. The zero-order valence-electron chi connectivity index (χ0n) is 23.7. The quantitative estimate of drug-likeness (QED) is 0.197. The van der Waals surface area contributed by atoms with E-state index in [2.05, 4.69) is 71.8 Å². The van der Waals surface area contributed by atoms with Crippen molar-refractivity contribution in [3.8, 4) is 11.1 Å². The first-order chi connectivity index (χ1) is 19.7. The molecule has 0 saturated carbocycles. The third-order valence-corrected chi connectivity index (χ3v) is 8.71. The standard InChI is InChI=1S/C34H35N3O3S/c1-25-21-26(2)23-29(22-25)27-13-15-33(37-19-17-36(3)18-20-37)28(24-27)14-16-34(38)31-11-7-8-12-32(31)35-41(39,40)30-9-5-4-6-10-30/h4-16,21-24,35H,17-20H2,1-3H3/b16-14+. The first-order valence-corrected chi connectivity index (χ1v) is 15.2. The molecule has 0 radical (unpaired) electrons. The number of piperazine rings is 1. The first-order valence-electron chi connectivity index (χ1n) is 13.8. The Bertz CT molecular complexity index is 1670. The second kappa shape index (κ2) is 12.1. The van der Waals surface area contributed by atoms with Gasteiger partial charge in [-0.1, -0.05) is 65.7 Å². The van der Waals surface area contributed by atoms with Gasteiger partial charge in [0.25, 0.3) is 10.0 Å². The highest BCUT2D eigenvalue weighted by atomic mass is 32.2. The zero-order valence-corrected chi connectivity index (χ0v) is 24.5. The van der Waals surface area contributed by atoms with E-state index in [4.69, 9.17) is 0 Å². The van der Waals surface area contributed by atoms with Gasteiger partial charge in [0.15, 0.2) is 5.78 Å². The van der Waals surface area contributed by atoms with Crippen molar-refractivity contribution in [3.05, 3.63) is 119 Å². The lowest BCUT2D eigenvalue weighted by Crippen LogP contribution is -2.44. The summed E-state index contributed by atoms with van der Waals surface area (Å²) in [5, 5.41) is 0. The fraction of sp³-hybridized carbons (Fsp3) is 0.206. The average Bonchev–Trinajstić information content (AvgIpc) is 2.96. The molecule has 1 saturated heterocycles. The number of anilines is 2. The molecule has 0 aliphatic carbocycles. The number of nitrogens with one attached hydrogen (secondary N) is 1. The Balaban J connectivity index is 1.48. The molecule has 0 aromatic heterocycles. The number of benzene rings is 4. The van der Waals surface area contributed by atoms with E-state index in [1.807, 2.05) is 6.08 Å². The molecule has 210 valence electrons. The van der Waals surface area contributed by atoms with Crippen LogP contribution in [0.4, 0.5) is 11.4 Å². The SMILES string of the molecule is Cc1cc(C)cc(-c2ccc(N3CCN(C)CC3)c(/C=C/C(=O)c3ccccc3NS(=O)(=O)c3ccccc3)c2)c1. The Morgan fingerprint density at radius 1 is 0.780 bits per heavy atom. The molecule has 41 heavy (non-hydrogen) atoms. The molecule has 7 heteroatoms. The van der Waals surface area contributed by atoms with Crippen molar-refractivity contribution in [2.24, 2.45) is 0 Å². The summed E-state index contributed by atoms with van der Waals surface area (Å²) in [5.74, 6) is -0.280. The van der Waals surface area contributed by atoms with Crippen LogP contribution in [0.1, 0.15) is 27.0 Å². The van der Waals surface area contributed by atoms with Gasteiger partial charge in [0.05, 0.1) is 10.6 Å². The number of aryl methyl sites for hydroxylation is 2. The summed E-state index contributed by atoms with van der Waals surface area (Å²) in [6.45, 7) is 7.93. The van der Waals surface area contributed by atoms with Gasteiger partial charge in [0.2, 0.25) is 0 Å². The van der Waals surface area contributed by atoms with Gasteiger partial charge in [-0.25, -0.2) is 8.42 Å². The van der Waals surface area contributed by atoms with E-state index in [1.165, 1.54) is 29.3 Å². The number of likely N-dealkylation sites (N-methyl/N-ethyl adjacent to an activating group) is 1. The van der Waals surface area contributed by atoms with Gasteiger partial charge in [0, 0.05) is 37.4 Å². The van der Waals surface area contributed by atoms with E-state index >= 15 is 0 Å². The Labute approximate surface area is 243 Å². The number of sulfonamides is 1. The van der Waals surface area contributed by atoms with Crippen LogP contribution in [0.3, 0.4) is 0 Å². The highest BCUT2D eigenvalue weighted by Crippen LogP contribution is 2.31. The topological polar surface area (TPSA) is 69.7 Å². The number of hydrogen-bond acceptors (Lipinski definition) is 5. The first kappa shape index (κ1) is 28.3. The maximum absolute atomic E-state index is 13.5. The fourth-order valence-electron chi connectivity index (χ4n) is 5.19. The van der Waals surface area contributed by atoms with Gasteiger partial charge in [0.1, 0.15) is 0 Å². The summed E-state index contributed by atoms with van der Waals surface area (Å²) >= 11 is 0. The lowest BCUT2D eigenvalue weighted by Gasteiger charge is -2.35. The highest BCUT2D eigenvalue weighted by molar-refractivity contribution is 7.92. The van der Waals surface area contributed by atoms with Crippen LogP contribution in [0.5, 0.6) is 0 Å². The Morgan fingerprint density at radius 2 is 1.44 bits per heavy atom. The van der Waals surface area contributed by atoms with Crippen molar-refractivity contribution in [2.75, 3.05) is 42.8 Å². The van der Waals surface area contributed by atoms with Crippen LogP contribution >= 0.6 is 0 Å². The van der Waals surface area contributed by atoms with Crippen molar-refractivity contribution in [2.45, 2.75) is 18.7 Å². The molecule has 0 atom stereocenters.